The molecule has 0 aromatic carbocycles. The minimum absolute atomic E-state index is 0.0500. The van der Waals surface area contributed by atoms with Crippen molar-refractivity contribution in [1.82, 2.24) is 14.5 Å². The van der Waals surface area contributed by atoms with Gasteiger partial charge in [0, 0.05) is 17.2 Å². The second-order valence-corrected chi connectivity index (χ2v) is 5.33. The lowest BCUT2D eigenvalue weighted by atomic mass is 10.3. The number of rotatable bonds is 6. The molecule has 140 valence electrons. The molecule has 3 heterocycles. The highest BCUT2D eigenvalue weighted by molar-refractivity contribution is 5.21. The molecular weight excluding hydrogens is 361 g/mol. The number of ether oxygens (including phenoxy) is 3. The highest BCUT2D eigenvalue weighted by Crippen LogP contribution is 2.29. The Labute approximate surface area is 144 Å². The molecule has 0 unspecified atom stereocenters. The summed E-state index contributed by atoms with van der Waals surface area (Å²) in [4.78, 5) is 17.4. The Morgan fingerprint density at radius 1 is 1.38 bits per heavy atom. The molecule has 12 heteroatoms. The van der Waals surface area contributed by atoms with Gasteiger partial charge in [0.05, 0.1) is 18.7 Å². The van der Waals surface area contributed by atoms with Crippen LogP contribution in [-0.4, -0.2) is 45.4 Å². The molecular formula is C14H13F3N4O5. The van der Waals surface area contributed by atoms with Gasteiger partial charge in [0.2, 0.25) is 5.88 Å². The van der Waals surface area contributed by atoms with Gasteiger partial charge in [-0.25, -0.2) is 4.98 Å². The zero-order valence-corrected chi connectivity index (χ0v) is 13.2. The maximum absolute atomic E-state index is 12.4. The zero-order chi connectivity index (χ0) is 18.7. The summed E-state index contributed by atoms with van der Waals surface area (Å²) in [5.41, 5.74) is -0.856. The van der Waals surface area contributed by atoms with E-state index in [2.05, 4.69) is 9.97 Å². The van der Waals surface area contributed by atoms with Crippen molar-refractivity contribution in [2.45, 2.75) is 18.8 Å². The van der Waals surface area contributed by atoms with E-state index in [-0.39, 0.29) is 43.6 Å². The van der Waals surface area contributed by atoms with E-state index in [1.165, 1.54) is 10.8 Å². The Kier molecular flexibility index (Phi) is 4.93. The third kappa shape index (κ3) is 4.20. The van der Waals surface area contributed by atoms with Crippen LogP contribution in [0.4, 0.5) is 19.0 Å². The Morgan fingerprint density at radius 2 is 2.19 bits per heavy atom. The van der Waals surface area contributed by atoms with Crippen LogP contribution in [0.25, 0.3) is 0 Å². The summed E-state index contributed by atoms with van der Waals surface area (Å²) in [7, 11) is 0. The standard InChI is InChI=1S/C14H13F3N4O5/c15-14(16,17)9-1-2-12(18-5-9)25-4-3-24-10-6-20-7-11(21(22)23)19-13(20)26-8-10/h1-2,5,7,10H,3-4,6,8H2/t10-/m0/s1. The molecule has 2 aromatic heterocycles. The first-order chi connectivity index (χ1) is 12.3. The lowest BCUT2D eigenvalue weighted by Crippen LogP contribution is -2.33. The van der Waals surface area contributed by atoms with Crippen LogP contribution >= 0.6 is 0 Å². The van der Waals surface area contributed by atoms with Gasteiger partial charge in [0.1, 0.15) is 25.5 Å². The number of halogens is 3. The highest BCUT2D eigenvalue weighted by atomic mass is 19.4. The number of imidazole rings is 1. The van der Waals surface area contributed by atoms with Crippen LogP contribution in [0.1, 0.15) is 5.56 Å². The van der Waals surface area contributed by atoms with Crippen LogP contribution in [0.2, 0.25) is 0 Å². The van der Waals surface area contributed by atoms with Crippen molar-refractivity contribution in [3.8, 4) is 11.9 Å². The second-order valence-electron chi connectivity index (χ2n) is 5.33. The summed E-state index contributed by atoms with van der Waals surface area (Å²) >= 11 is 0. The van der Waals surface area contributed by atoms with Gasteiger partial charge in [-0.1, -0.05) is 0 Å². The van der Waals surface area contributed by atoms with Crippen molar-refractivity contribution in [1.29, 1.82) is 0 Å². The molecule has 9 nitrogen and oxygen atoms in total. The maximum Gasteiger partial charge on any atom is 0.417 e. The molecule has 0 aliphatic carbocycles. The molecule has 0 N–H and O–H groups in total. The Morgan fingerprint density at radius 3 is 2.85 bits per heavy atom. The number of nitrogens with zero attached hydrogens (tertiary/aromatic N) is 4. The van der Waals surface area contributed by atoms with Gasteiger partial charge in [0.25, 0.3) is 0 Å². The number of aromatic nitrogens is 3. The Hall–Kier alpha value is -2.89. The number of hydrogen-bond donors (Lipinski definition) is 0. The Bertz CT molecular complexity index is 778. The van der Waals surface area contributed by atoms with Gasteiger partial charge in [-0.05, 0) is 11.0 Å². The first-order valence-electron chi connectivity index (χ1n) is 7.45. The molecule has 2 aromatic rings. The second kappa shape index (κ2) is 7.15. The largest absolute Gasteiger partial charge is 0.475 e. The average molecular weight is 374 g/mol. The first kappa shape index (κ1) is 17.9. The quantitative estimate of drug-likeness (QED) is 0.433. The lowest BCUT2D eigenvalue weighted by Gasteiger charge is -2.22. The molecule has 1 aliphatic rings. The average Bonchev–Trinajstić information content (AvgIpc) is 3.02. The van der Waals surface area contributed by atoms with Crippen LogP contribution < -0.4 is 9.47 Å². The normalized spacial score (nSPS) is 16.7. The number of hydrogen-bond acceptors (Lipinski definition) is 7. The van der Waals surface area contributed by atoms with E-state index < -0.39 is 16.7 Å². The topological polar surface area (TPSA) is 102 Å². The fourth-order valence-electron chi connectivity index (χ4n) is 2.25. The van der Waals surface area contributed by atoms with Crippen LogP contribution in [0.3, 0.4) is 0 Å². The van der Waals surface area contributed by atoms with Crippen molar-refractivity contribution in [2.75, 3.05) is 19.8 Å². The lowest BCUT2D eigenvalue weighted by molar-refractivity contribution is -0.389. The van der Waals surface area contributed by atoms with Gasteiger partial charge < -0.3 is 24.3 Å². The van der Waals surface area contributed by atoms with E-state index in [4.69, 9.17) is 14.2 Å². The summed E-state index contributed by atoms with van der Waals surface area (Å²) < 4.78 is 54.8. The molecule has 1 atom stereocenters. The van der Waals surface area contributed by atoms with E-state index in [1.54, 1.807) is 0 Å². The van der Waals surface area contributed by atoms with E-state index in [9.17, 15) is 23.3 Å². The first-order valence-corrected chi connectivity index (χ1v) is 7.45. The SMILES string of the molecule is O=[N+]([O-])c1cn2c(n1)OC[C@@H](OCCOc1ccc(C(F)(F)F)cn1)C2. The predicted octanol–water partition coefficient (Wildman–Crippen LogP) is 2.06. The fraction of sp³-hybridized carbons (Fsp3) is 0.429. The number of nitro groups is 1. The van der Waals surface area contributed by atoms with Crippen molar-refractivity contribution in [3.63, 3.8) is 0 Å². The summed E-state index contributed by atoms with van der Waals surface area (Å²) in [6.07, 6.45) is -2.86. The summed E-state index contributed by atoms with van der Waals surface area (Å²) in [6.45, 7) is 0.718. The molecule has 0 bridgehead atoms. The van der Waals surface area contributed by atoms with Crippen LogP contribution in [-0.2, 0) is 17.5 Å². The van der Waals surface area contributed by atoms with Crippen molar-refractivity contribution < 1.29 is 32.3 Å². The molecule has 1 aliphatic heterocycles. The summed E-state index contributed by atoms with van der Waals surface area (Å²) in [5.74, 6) is -0.258. The maximum atomic E-state index is 12.4. The zero-order valence-electron chi connectivity index (χ0n) is 13.2. The van der Waals surface area contributed by atoms with Crippen molar-refractivity contribution in [3.05, 3.63) is 40.2 Å². The molecule has 0 amide bonds. The van der Waals surface area contributed by atoms with E-state index in [1.807, 2.05) is 0 Å². The molecule has 0 radical (unpaired) electrons. The van der Waals surface area contributed by atoms with Gasteiger partial charge in [-0.2, -0.15) is 13.2 Å². The monoisotopic (exact) mass is 374 g/mol. The summed E-state index contributed by atoms with van der Waals surface area (Å²) in [5, 5.41) is 10.7. The fourth-order valence-corrected chi connectivity index (χ4v) is 2.25. The molecule has 0 saturated heterocycles. The minimum Gasteiger partial charge on any atom is -0.475 e. The molecule has 0 fully saturated rings. The Balaban J connectivity index is 1.43. The van der Waals surface area contributed by atoms with E-state index >= 15 is 0 Å². The van der Waals surface area contributed by atoms with E-state index in [0.717, 1.165) is 12.1 Å². The number of fused-ring (bicyclic) bond motifs is 1. The molecule has 0 spiro atoms. The molecule has 0 saturated carbocycles. The number of alkyl halides is 3. The van der Waals surface area contributed by atoms with Gasteiger partial charge >= 0.3 is 18.0 Å². The van der Waals surface area contributed by atoms with Crippen molar-refractivity contribution in [2.24, 2.45) is 0 Å². The van der Waals surface area contributed by atoms with Crippen molar-refractivity contribution >= 4 is 5.82 Å². The van der Waals surface area contributed by atoms with Crippen LogP contribution in [0.15, 0.2) is 24.5 Å². The molecule has 3 rings (SSSR count). The van der Waals surface area contributed by atoms with Crippen LogP contribution in [0, 0.1) is 10.1 Å². The molecule has 26 heavy (non-hydrogen) atoms. The minimum atomic E-state index is -4.45. The number of pyridine rings is 1. The van der Waals surface area contributed by atoms with Gasteiger partial charge in [-0.15, -0.1) is 0 Å². The smallest absolute Gasteiger partial charge is 0.417 e. The van der Waals surface area contributed by atoms with Gasteiger partial charge in [0.15, 0.2) is 0 Å². The van der Waals surface area contributed by atoms with Crippen LogP contribution in [0.5, 0.6) is 11.9 Å². The van der Waals surface area contributed by atoms with Gasteiger partial charge in [-0.3, -0.25) is 4.57 Å². The summed E-state index contributed by atoms with van der Waals surface area (Å²) in [6, 6.07) is 2.16. The van der Waals surface area contributed by atoms with E-state index in [0.29, 0.717) is 12.7 Å². The third-order valence-electron chi connectivity index (χ3n) is 3.46. The third-order valence-corrected chi connectivity index (χ3v) is 3.46. The highest BCUT2D eigenvalue weighted by Gasteiger charge is 2.31. The predicted molar refractivity (Wildman–Crippen MR) is 78.9 cm³/mol.